The van der Waals surface area contributed by atoms with E-state index in [1.165, 1.54) is 94.2 Å². The van der Waals surface area contributed by atoms with Crippen LogP contribution in [-0.2, 0) is 17.3 Å². The van der Waals surface area contributed by atoms with E-state index in [1.807, 2.05) is 12.1 Å². The second-order valence-corrected chi connectivity index (χ2v) is 17.6. The van der Waals surface area contributed by atoms with Gasteiger partial charge in [0.05, 0.1) is 0 Å². The quantitative estimate of drug-likeness (QED) is 0.158. The van der Waals surface area contributed by atoms with Crippen LogP contribution in [0.15, 0.2) is 180 Å². The number of furan rings is 1. The highest BCUT2D eigenvalue weighted by Gasteiger charge is 2.37. The van der Waals surface area contributed by atoms with Gasteiger partial charge >= 0.3 is 0 Å². The van der Waals surface area contributed by atoms with E-state index in [0.29, 0.717) is 0 Å². The first-order chi connectivity index (χ1) is 28.2. The number of benzene rings is 8. The van der Waals surface area contributed by atoms with Crippen molar-refractivity contribution in [3.63, 3.8) is 0 Å². The van der Waals surface area contributed by atoms with Crippen molar-refractivity contribution in [1.82, 2.24) is 0 Å². The Morgan fingerprint density at radius 1 is 0.397 bits per heavy atom. The Morgan fingerprint density at radius 2 is 0.914 bits per heavy atom. The number of hydrogen-bond acceptors (Lipinski definition) is 1. The molecule has 0 radical (unpaired) electrons. The van der Waals surface area contributed by atoms with E-state index in [9.17, 15) is 0 Å². The predicted molar refractivity (Wildman–Crippen MR) is 243 cm³/mol. The lowest BCUT2D eigenvalue weighted by Crippen LogP contribution is -2.16. The van der Waals surface area contributed by atoms with Crippen molar-refractivity contribution < 1.29 is 4.42 Å². The summed E-state index contributed by atoms with van der Waals surface area (Å²) < 4.78 is 6.27. The number of aryl methyl sites for hydroxylation is 1. The van der Waals surface area contributed by atoms with Crippen LogP contribution in [0.3, 0.4) is 0 Å². The number of para-hydroxylation sites is 1. The summed E-state index contributed by atoms with van der Waals surface area (Å²) in [5.41, 5.74) is 21.9. The molecule has 2 aliphatic carbocycles. The molecule has 0 N–H and O–H groups in total. The molecule has 58 heavy (non-hydrogen) atoms. The molecular weight excluding hydrogens is 701 g/mol. The number of rotatable bonds is 7. The van der Waals surface area contributed by atoms with Crippen LogP contribution in [0, 0.1) is 0 Å². The molecule has 0 spiro atoms. The highest BCUT2D eigenvalue weighted by Crippen LogP contribution is 2.52. The minimum Gasteiger partial charge on any atom is -0.456 e. The van der Waals surface area contributed by atoms with Gasteiger partial charge in [0.1, 0.15) is 11.2 Å². The zero-order valence-electron chi connectivity index (χ0n) is 33.6. The van der Waals surface area contributed by atoms with E-state index in [2.05, 4.69) is 191 Å². The van der Waals surface area contributed by atoms with Crippen molar-refractivity contribution >= 4 is 21.9 Å². The summed E-state index contributed by atoms with van der Waals surface area (Å²) in [4.78, 5) is 0. The van der Waals surface area contributed by atoms with Crippen LogP contribution in [0.5, 0.6) is 0 Å². The Morgan fingerprint density at radius 3 is 1.62 bits per heavy atom. The largest absolute Gasteiger partial charge is 0.456 e. The molecule has 0 saturated heterocycles. The fourth-order valence-electron chi connectivity index (χ4n) is 10.3. The zero-order valence-corrected chi connectivity index (χ0v) is 33.6. The summed E-state index contributed by atoms with van der Waals surface area (Å²) in [5.74, 6) is 0.288. The van der Waals surface area contributed by atoms with Crippen molar-refractivity contribution in [1.29, 1.82) is 0 Å². The first-order valence-corrected chi connectivity index (χ1v) is 20.8. The minimum atomic E-state index is -0.111. The summed E-state index contributed by atoms with van der Waals surface area (Å²) in [6.45, 7) is 9.60. The standard InChI is InChI=1S/C57H46O/c1-56(2)50-31-36(20-26-44(50)45-28-22-40(33-52(45)56)41-23-30-49-48-17-11-12-18-54(48)58-55(49)35-41)19-25-43(38-15-9-6-10-16-38)42-24-29-47-46-27-21-39(37-13-7-5-8-14-37)32-51(46)57(3,4)53(47)34-42/h5-18,20-24,26-35,43H,19,25H2,1-4H3. The van der Waals surface area contributed by atoms with Gasteiger partial charge in [-0.2, -0.15) is 0 Å². The Hall–Kier alpha value is -6.44. The fraction of sp³-hybridized carbons (Fsp3) is 0.158. The predicted octanol–water partition coefficient (Wildman–Crippen LogP) is 15.3. The molecule has 0 amide bonds. The monoisotopic (exact) mass is 746 g/mol. The van der Waals surface area contributed by atoms with E-state index in [1.54, 1.807) is 0 Å². The molecule has 1 atom stereocenters. The number of hydrogen-bond donors (Lipinski definition) is 0. The van der Waals surface area contributed by atoms with Gasteiger partial charge in [-0.25, -0.2) is 0 Å². The molecule has 1 unspecified atom stereocenters. The third-order valence-corrected chi connectivity index (χ3v) is 13.6. The van der Waals surface area contributed by atoms with Gasteiger partial charge in [-0.05, 0) is 127 Å². The molecule has 2 aliphatic rings. The average molecular weight is 747 g/mol. The Bertz CT molecular complexity index is 3050. The summed E-state index contributed by atoms with van der Waals surface area (Å²) >= 11 is 0. The maximum absolute atomic E-state index is 6.27. The van der Waals surface area contributed by atoms with Gasteiger partial charge in [0, 0.05) is 27.5 Å². The molecule has 0 bridgehead atoms. The summed E-state index contributed by atoms with van der Waals surface area (Å²) in [6, 6.07) is 65.6. The zero-order chi connectivity index (χ0) is 39.2. The molecule has 0 aliphatic heterocycles. The van der Waals surface area contributed by atoms with Gasteiger partial charge in [0.25, 0.3) is 0 Å². The van der Waals surface area contributed by atoms with Crippen LogP contribution in [0.1, 0.15) is 79.0 Å². The van der Waals surface area contributed by atoms with E-state index in [4.69, 9.17) is 4.42 Å². The first-order valence-electron chi connectivity index (χ1n) is 20.8. The van der Waals surface area contributed by atoms with Crippen LogP contribution in [0.2, 0.25) is 0 Å². The van der Waals surface area contributed by atoms with Crippen molar-refractivity contribution in [3.8, 4) is 44.5 Å². The van der Waals surface area contributed by atoms with Gasteiger partial charge in [-0.3, -0.25) is 0 Å². The second-order valence-electron chi connectivity index (χ2n) is 17.6. The lowest BCUT2D eigenvalue weighted by atomic mass is 9.78. The van der Waals surface area contributed by atoms with Crippen LogP contribution < -0.4 is 0 Å². The maximum Gasteiger partial charge on any atom is 0.136 e. The van der Waals surface area contributed by atoms with Crippen LogP contribution >= 0.6 is 0 Å². The highest BCUT2D eigenvalue weighted by molar-refractivity contribution is 6.06. The maximum atomic E-state index is 6.27. The molecule has 1 aromatic heterocycles. The summed E-state index contributed by atoms with van der Waals surface area (Å²) in [7, 11) is 0. The molecule has 280 valence electrons. The van der Waals surface area contributed by atoms with Gasteiger partial charge < -0.3 is 4.42 Å². The first kappa shape index (κ1) is 34.8. The molecule has 1 heteroatoms. The van der Waals surface area contributed by atoms with Crippen molar-refractivity contribution in [2.75, 3.05) is 0 Å². The fourth-order valence-corrected chi connectivity index (χ4v) is 10.3. The third-order valence-electron chi connectivity index (χ3n) is 13.6. The lowest BCUT2D eigenvalue weighted by molar-refractivity contribution is 0.652. The second kappa shape index (κ2) is 13.0. The van der Waals surface area contributed by atoms with Gasteiger partial charge in [-0.15, -0.1) is 0 Å². The average Bonchev–Trinajstić information content (AvgIpc) is 3.83. The topological polar surface area (TPSA) is 13.1 Å². The van der Waals surface area contributed by atoms with Crippen LogP contribution in [0.25, 0.3) is 66.4 Å². The molecule has 8 aromatic carbocycles. The van der Waals surface area contributed by atoms with Crippen LogP contribution in [-0.4, -0.2) is 0 Å². The Balaban J connectivity index is 0.888. The van der Waals surface area contributed by atoms with Gasteiger partial charge in [0.2, 0.25) is 0 Å². The highest BCUT2D eigenvalue weighted by atomic mass is 16.3. The lowest BCUT2D eigenvalue weighted by Gasteiger charge is -2.25. The van der Waals surface area contributed by atoms with E-state index >= 15 is 0 Å². The molecule has 0 fully saturated rings. The smallest absolute Gasteiger partial charge is 0.136 e. The number of fused-ring (bicyclic) bond motifs is 9. The van der Waals surface area contributed by atoms with Gasteiger partial charge in [0.15, 0.2) is 0 Å². The SMILES string of the molecule is CC1(C)c2cc(CCC(c3ccccc3)c3ccc4c(c3)C(C)(C)c3cc(-c5ccccc5)ccc3-4)ccc2-c2ccc(-c3ccc4c(c3)oc3ccccc34)cc21. The summed E-state index contributed by atoms with van der Waals surface area (Å²) in [5, 5.41) is 2.33. The van der Waals surface area contributed by atoms with E-state index < -0.39 is 0 Å². The van der Waals surface area contributed by atoms with E-state index in [-0.39, 0.29) is 16.7 Å². The van der Waals surface area contributed by atoms with Crippen molar-refractivity contribution in [3.05, 3.63) is 215 Å². The Kier molecular flexibility index (Phi) is 7.82. The van der Waals surface area contributed by atoms with Gasteiger partial charge in [-0.1, -0.05) is 173 Å². The molecule has 1 nitrogen and oxygen atoms in total. The van der Waals surface area contributed by atoms with E-state index in [0.717, 1.165) is 24.0 Å². The normalized spacial score (nSPS) is 14.9. The molecule has 0 saturated carbocycles. The Labute approximate surface area is 341 Å². The molecule has 11 rings (SSSR count). The molecule has 9 aromatic rings. The molecule has 1 heterocycles. The minimum absolute atomic E-state index is 0.0900. The van der Waals surface area contributed by atoms with Crippen molar-refractivity contribution in [2.24, 2.45) is 0 Å². The summed E-state index contributed by atoms with van der Waals surface area (Å²) in [6.07, 6.45) is 2.04. The third kappa shape index (κ3) is 5.44. The molecular formula is C57H46O. The van der Waals surface area contributed by atoms with Crippen molar-refractivity contribution in [2.45, 2.75) is 57.3 Å². The van der Waals surface area contributed by atoms with Crippen LogP contribution in [0.4, 0.5) is 0 Å².